The van der Waals surface area contributed by atoms with Crippen LogP contribution in [0.4, 0.5) is 23.7 Å². The Bertz CT molecular complexity index is 459. The SMILES string of the molecule is O=C(OCC(F)(F)F)N1CCCCc2ccccc21. The van der Waals surface area contributed by atoms with Crippen molar-refractivity contribution in [2.45, 2.75) is 25.4 Å². The van der Waals surface area contributed by atoms with Crippen LogP contribution in [0, 0.1) is 0 Å². The van der Waals surface area contributed by atoms with Crippen molar-refractivity contribution >= 4 is 11.8 Å². The minimum atomic E-state index is -4.50. The monoisotopic (exact) mass is 273 g/mol. The van der Waals surface area contributed by atoms with Crippen LogP contribution in [0.5, 0.6) is 0 Å². The zero-order valence-electron chi connectivity index (χ0n) is 10.2. The van der Waals surface area contributed by atoms with E-state index in [1.54, 1.807) is 12.1 Å². The van der Waals surface area contributed by atoms with Crippen molar-refractivity contribution in [3.63, 3.8) is 0 Å². The van der Waals surface area contributed by atoms with E-state index in [0.29, 0.717) is 12.2 Å². The lowest BCUT2D eigenvalue weighted by molar-refractivity contribution is -0.159. The Hall–Kier alpha value is -1.72. The smallest absolute Gasteiger partial charge is 0.422 e. The Morgan fingerprint density at radius 1 is 1.26 bits per heavy atom. The number of hydrogen-bond acceptors (Lipinski definition) is 2. The maximum atomic E-state index is 12.1. The second kappa shape index (κ2) is 5.50. The molecule has 0 bridgehead atoms. The van der Waals surface area contributed by atoms with Gasteiger partial charge in [0.2, 0.25) is 0 Å². The Kier molecular flexibility index (Phi) is 3.97. The van der Waals surface area contributed by atoms with Crippen molar-refractivity contribution in [3.8, 4) is 0 Å². The topological polar surface area (TPSA) is 29.5 Å². The third kappa shape index (κ3) is 3.62. The number of hydrogen-bond donors (Lipinski definition) is 0. The minimum absolute atomic E-state index is 0.383. The Balaban J connectivity index is 2.13. The first-order chi connectivity index (χ1) is 8.97. The fraction of sp³-hybridized carbons (Fsp3) is 0.462. The van der Waals surface area contributed by atoms with Crippen LogP contribution in [0.3, 0.4) is 0 Å². The number of fused-ring (bicyclic) bond motifs is 1. The van der Waals surface area contributed by atoms with Crippen molar-refractivity contribution < 1.29 is 22.7 Å². The van der Waals surface area contributed by atoms with Crippen molar-refractivity contribution in [2.75, 3.05) is 18.1 Å². The molecule has 0 N–H and O–H groups in total. The first kappa shape index (κ1) is 13.7. The van der Waals surface area contributed by atoms with E-state index in [9.17, 15) is 18.0 Å². The van der Waals surface area contributed by atoms with Gasteiger partial charge in [-0.25, -0.2) is 4.79 Å². The number of carbonyl (C=O) groups is 1. The minimum Gasteiger partial charge on any atom is -0.439 e. The van der Waals surface area contributed by atoms with E-state index in [1.165, 1.54) is 4.90 Å². The molecule has 3 nitrogen and oxygen atoms in total. The van der Waals surface area contributed by atoms with E-state index in [-0.39, 0.29) is 0 Å². The van der Waals surface area contributed by atoms with E-state index in [0.717, 1.165) is 24.8 Å². The van der Waals surface area contributed by atoms with Gasteiger partial charge in [-0.05, 0) is 30.9 Å². The summed E-state index contributed by atoms with van der Waals surface area (Å²) in [5, 5.41) is 0. The Morgan fingerprint density at radius 2 is 2.00 bits per heavy atom. The normalized spacial score (nSPS) is 15.6. The van der Waals surface area contributed by atoms with Gasteiger partial charge in [0.1, 0.15) is 0 Å². The summed E-state index contributed by atoms with van der Waals surface area (Å²) in [6, 6.07) is 7.22. The average Bonchev–Trinajstić information content (AvgIpc) is 2.57. The maximum absolute atomic E-state index is 12.1. The van der Waals surface area contributed by atoms with Crippen LogP contribution < -0.4 is 4.90 Å². The van der Waals surface area contributed by atoms with Crippen LogP contribution in [0.1, 0.15) is 18.4 Å². The van der Waals surface area contributed by atoms with Crippen LogP contribution in [0.2, 0.25) is 0 Å². The molecule has 1 aliphatic heterocycles. The van der Waals surface area contributed by atoms with Gasteiger partial charge < -0.3 is 4.74 Å². The van der Waals surface area contributed by atoms with Gasteiger partial charge in [0, 0.05) is 6.54 Å². The molecule has 1 aliphatic rings. The molecule has 0 saturated carbocycles. The number of amides is 1. The summed E-state index contributed by atoms with van der Waals surface area (Å²) < 4.78 is 40.5. The van der Waals surface area contributed by atoms with Gasteiger partial charge in [-0.15, -0.1) is 0 Å². The highest BCUT2D eigenvalue weighted by atomic mass is 19.4. The summed E-state index contributed by atoms with van der Waals surface area (Å²) >= 11 is 0. The number of para-hydroxylation sites is 1. The highest BCUT2D eigenvalue weighted by Crippen LogP contribution is 2.27. The van der Waals surface area contributed by atoms with Crippen LogP contribution in [-0.4, -0.2) is 25.4 Å². The van der Waals surface area contributed by atoms with Crippen molar-refractivity contribution in [1.82, 2.24) is 0 Å². The molecule has 0 aromatic heterocycles. The van der Waals surface area contributed by atoms with Crippen LogP contribution in [0.15, 0.2) is 24.3 Å². The first-order valence-electron chi connectivity index (χ1n) is 6.06. The number of aryl methyl sites for hydroxylation is 1. The molecular weight excluding hydrogens is 259 g/mol. The summed E-state index contributed by atoms with van der Waals surface area (Å²) in [5.74, 6) is 0. The molecule has 0 spiro atoms. The van der Waals surface area contributed by atoms with Gasteiger partial charge in [0.15, 0.2) is 6.61 Å². The molecular formula is C13H14F3NO2. The van der Waals surface area contributed by atoms with Gasteiger partial charge in [0.25, 0.3) is 0 Å². The van der Waals surface area contributed by atoms with Crippen molar-refractivity contribution in [1.29, 1.82) is 0 Å². The molecule has 6 heteroatoms. The molecule has 0 atom stereocenters. The number of nitrogens with zero attached hydrogens (tertiary/aromatic N) is 1. The van der Waals surface area contributed by atoms with E-state index >= 15 is 0 Å². The van der Waals surface area contributed by atoms with Gasteiger partial charge in [-0.1, -0.05) is 18.2 Å². The van der Waals surface area contributed by atoms with Crippen LogP contribution in [-0.2, 0) is 11.2 Å². The Labute approximate surface area is 109 Å². The molecule has 2 rings (SSSR count). The second-order valence-corrected chi connectivity index (χ2v) is 4.41. The van der Waals surface area contributed by atoms with E-state index < -0.39 is 18.9 Å². The highest BCUT2D eigenvalue weighted by Gasteiger charge is 2.31. The lowest BCUT2D eigenvalue weighted by atomic mass is 10.1. The summed E-state index contributed by atoms with van der Waals surface area (Å²) in [7, 11) is 0. The largest absolute Gasteiger partial charge is 0.439 e. The fourth-order valence-electron chi connectivity index (χ4n) is 2.10. The molecule has 0 radical (unpaired) electrons. The Morgan fingerprint density at radius 3 is 2.74 bits per heavy atom. The fourth-order valence-corrected chi connectivity index (χ4v) is 2.10. The molecule has 1 amide bonds. The number of ether oxygens (including phenoxy) is 1. The predicted molar refractivity (Wildman–Crippen MR) is 64.1 cm³/mol. The first-order valence-corrected chi connectivity index (χ1v) is 6.06. The van der Waals surface area contributed by atoms with Gasteiger partial charge >= 0.3 is 12.3 Å². The summed E-state index contributed by atoms with van der Waals surface area (Å²) in [6.07, 6.45) is -2.97. The number of rotatable bonds is 1. The maximum Gasteiger partial charge on any atom is 0.422 e. The quantitative estimate of drug-likeness (QED) is 0.783. The molecule has 0 aliphatic carbocycles. The molecule has 104 valence electrons. The van der Waals surface area contributed by atoms with Crippen molar-refractivity contribution in [3.05, 3.63) is 29.8 Å². The van der Waals surface area contributed by atoms with Gasteiger partial charge in [-0.2, -0.15) is 13.2 Å². The van der Waals surface area contributed by atoms with E-state index in [1.807, 2.05) is 12.1 Å². The van der Waals surface area contributed by atoms with E-state index in [4.69, 9.17) is 0 Å². The highest BCUT2D eigenvalue weighted by molar-refractivity contribution is 5.88. The summed E-state index contributed by atoms with van der Waals surface area (Å²) in [6.45, 7) is -1.17. The summed E-state index contributed by atoms with van der Waals surface area (Å²) in [5.41, 5.74) is 1.61. The molecule has 0 saturated heterocycles. The number of carbonyl (C=O) groups excluding carboxylic acids is 1. The molecule has 19 heavy (non-hydrogen) atoms. The lowest BCUT2D eigenvalue weighted by Crippen LogP contribution is -2.34. The summed E-state index contributed by atoms with van der Waals surface area (Å²) in [4.78, 5) is 13.0. The van der Waals surface area contributed by atoms with Gasteiger partial charge in [-0.3, -0.25) is 4.90 Å². The zero-order valence-corrected chi connectivity index (χ0v) is 10.2. The zero-order chi connectivity index (χ0) is 13.9. The van der Waals surface area contributed by atoms with Crippen LogP contribution in [0.25, 0.3) is 0 Å². The predicted octanol–water partition coefficient (Wildman–Crippen LogP) is 3.53. The number of halogens is 3. The number of anilines is 1. The molecule has 1 aromatic rings. The second-order valence-electron chi connectivity index (χ2n) is 4.41. The van der Waals surface area contributed by atoms with E-state index in [2.05, 4.69) is 4.74 Å². The number of alkyl halides is 3. The molecule has 0 fully saturated rings. The molecule has 0 unspecified atom stereocenters. The average molecular weight is 273 g/mol. The number of benzene rings is 1. The van der Waals surface area contributed by atoms with Crippen LogP contribution >= 0.6 is 0 Å². The lowest BCUT2D eigenvalue weighted by Gasteiger charge is -2.22. The molecule has 1 aromatic carbocycles. The molecule has 1 heterocycles. The standard InChI is InChI=1S/C13H14F3NO2/c14-13(15,16)9-19-12(18)17-8-4-3-6-10-5-1-2-7-11(10)17/h1-2,5,7H,3-4,6,8-9H2. The van der Waals surface area contributed by atoms with Gasteiger partial charge in [0.05, 0.1) is 5.69 Å². The third-order valence-corrected chi connectivity index (χ3v) is 2.94. The third-order valence-electron chi connectivity index (χ3n) is 2.94. The van der Waals surface area contributed by atoms with Crippen molar-refractivity contribution in [2.24, 2.45) is 0 Å².